The largest absolute Gasteiger partial charge is 0.497 e. The number of benzene rings is 2. The van der Waals surface area contributed by atoms with E-state index in [1.807, 2.05) is 24.3 Å². The number of ether oxygens (including phenoxy) is 1. The van der Waals surface area contributed by atoms with Crippen LogP contribution in [0.4, 0.5) is 13.2 Å². The van der Waals surface area contributed by atoms with Crippen LogP contribution in [0.5, 0.6) is 5.75 Å². The normalized spacial score (nSPS) is 13.9. The molecule has 8 nitrogen and oxygen atoms in total. The third-order valence-corrected chi connectivity index (χ3v) is 7.96. The van der Waals surface area contributed by atoms with Gasteiger partial charge in [0.15, 0.2) is 0 Å². The molecule has 0 aliphatic carbocycles. The highest BCUT2D eigenvalue weighted by molar-refractivity contribution is 7.89. The van der Waals surface area contributed by atoms with E-state index in [1.165, 1.54) is 20.2 Å². The van der Waals surface area contributed by atoms with Crippen LogP contribution in [0, 0.1) is 0 Å². The molecule has 0 radical (unpaired) electrons. The number of carbonyl (C=O) groups is 1. The maximum atomic E-state index is 13.5. The van der Waals surface area contributed by atoms with Crippen molar-refractivity contribution in [3.63, 3.8) is 0 Å². The van der Waals surface area contributed by atoms with Crippen molar-refractivity contribution in [1.82, 2.24) is 14.5 Å². The van der Waals surface area contributed by atoms with Crippen molar-refractivity contribution in [2.45, 2.75) is 36.9 Å². The van der Waals surface area contributed by atoms with Crippen LogP contribution >= 0.6 is 0 Å². The summed E-state index contributed by atoms with van der Waals surface area (Å²) in [6, 6.07) is 10.5. The molecule has 3 rings (SSSR count). The Balaban J connectivity index is 1.50. The smallest absolute Gasteiger partial charge is 0.417 e. The molecule has 0 bridgehead atoms. The lowest BCUT2D eigenvalue weighted by atomic mass is 10.1. The molecule has 2 aromatic rings. The molecule has 1 aliphatic heterocycles. The minimum absolute atomic E-state index is 0.0258. The highest BCUT2D eigenvalue weighted by Gasteiger charge is 2.38. The van der Waals surface area contributed by atoms with Gasteiger partial charge in [0.1, 0.15) is 11.6 Å². The number of aliphatic imine (C=N–C) groups is 1. The average molecular weight is 541 g/mol. The number of nitrogens with one attached hydrogen (secondary N) is 1. The van der Waals surface area contributed by atoms with Gasteiger partial charge < -0.3 is 15.0 Å². The Labute approximate surface area is 215 Å². The predicted molar refractivity (Wildman–Crippen MR) is 134 cm³/mol. The molecule has 0 fully saturated rings. The fourth-order valence-corrected chi connectivity index (χ4v) is 5.29. The number of alkyl halides is 3. The van der Waals surface area contributed by atoms with Crippen LogP contribution in [0.1, 0.15) is 36.0 Å². The van der Waals surface area contributed by atoms with Crippen LogP contribution < -0.4 is 10.1 Å². The maximum absolute atomic E-state index is 13.5. The Bertz CT molecular complexity index is 1230. The first-order chi connectivity index (χ1) is 17.4. The molecule has 1 amide bonds. The molecule has 0 unspecified atom stereocenters. The van der Waals surface area contributed by atoms with Gasteiger partial charge in [0.25, 0.3) is 0 Å². The summed E-state index contributed by atoms with van der Waals surface area (Å²) >= 11 is 0. The minimum Gasteiger partial charge on any atom is -0.497 e. The number of amidine groups is 1. The summed E-state index contributed by atoms with van der Waals surface area (Å²) in [7, 11) is -0.274. The molecule has 0 atom stereocenters. The van der Waals surface area contributed by atoms with Gasteiger partial charge in [0.05, 0.1) is 24.1 Å². The number of unbranched alkanes of at least 4 members (excludes halogenated alkanes) is 1. The van der Waals surface area contributed by atoms with Gasteiger partial charge >= 0.3 is 6.18 Å². The van der Waals surface area contributed by atoms with Crippen LogP contribution in [-0.2, 0) is 27.5 Å². The summed E-state index contributed by atoms with van der Waals surface area (Å²) in [5.74, 6) is 0.670. The first-order valence-electron chi connectivity index (χ1n) is 11.8. The zero-order valence-corrected chi connectivity index (χ0v) is 21.8. The van der Waals surface area contributed by atoms with Crippen molar-refractivity contribution in [1.29, 1.82) is 0 Å². The van der Waals surface area contributed by atoms with Crippen molar-refractivity contribution in [3.8, 4) is 5.75 Å². The number of methoxy groups -OCH3 is 1. The second kappa shape index (κ2) is 12.0. The van der Waals surface area contributed by atoms with Crippen LogP contribution in [0.25, 0.3) is 0 Å². The molecule has 2 aromatic carbocycles. The molecule has 12 heteroatoms. The average Bonchev–Trinajstić information content (AvgIpc) is 3.40. The van der Waals surface area contributed by atoms with E-state index < -0.39 is 26.7 Å². The molecule has 202 valence electrons. The van der Waals surface area contributed by atoms with E-state index in [1.54, 1.807) is 11.9 Å². The SMILES string of the molecule is COc1ccc(S(=O)(=O)N(C)CCCCC(=O)N(C)Cc2ccc(C3=NCCN3)cc2)c(C(F)(F)F)c1. The molecule has 37 heavy (non-hydrogen) atoms. The van der Waals surface area contributed by atoms with Crippen molar-refractivity contribution in [2.75, 3.05) is 40.8 Å². The van der Waals surface area contributed by atoms with Crippen LogP contribution in [-0.4, -0.2) is 70.2 Å². The van der Waals surface area contributed by atoms with Crippen molar-refractivity contribution < 1.29 is 31.1 Å². The number of sulfonamides is 1. The number of nitrogens with zero attached hydrogens (tertiary/aromatic N) is 3. The standard InChI is InChI=1S/C25H31F3N4O4S/c1-31(17-18-7-9-19(10-8-18)24-29-13-14-30-24)23(33)6-4-5-15-32(2)37(34,35)22-12-11-20(36-3)16-21(22)25(26,27)28/h7-12,16H,4-6,13-15,17H2,1-3H3,(H,29,30). The molecule has 0 spiro atoms. The first-order valence-corrected chi connectivity index (χ1v) is 13.2. The van der Waals surface area contributed by atoms with Crippen molar-refractivity contribution in [3.05, 3.63) is 59.2 Å². The van der Waals surface area contributed by atoms with Gasteiger partial charge in [-0.2, -0.15) is 13.2 Å². The quantitative estimate of drug-likeness (QED) is 0.441. The Morgan fingerprint density at radius 1 is 1.11 bits per heavy atom. The molecule has 1 N–H and O–H groups in total. The summed E-state index contributed by atoms with van der Waals surface area (Å²) in [6.45, 7) is 1.98. The zero-order valence-electron chi connectivity index (χ0n) is 21.0. The third kappa shape index (κ3) is 7.22. The lowest BCUT2D eigenvalue weighted by Gasteiger charge is -2.21. The van der Waals surface area contributed by atoms with Gasteiger partial charge in [0, 0.05) is 45.7 Å². The summed E-state index contributed by atoms with van der Waals surface area (Å²) in [5.41, 5.74) is 0.673. The van der Waals surface area contributed by atoms with E-state index in [4.69, 9.17) is 4.74 Å². The fraction of sp³-hybridized carbons (Fsp3) is 0.440. The van der Waals surface area contributed by atoms with Crippen LogP contribution in [0.2, 0.25) is 0 Å². The highest BCUT2D eigenvalue weighted by Crippen LogP contribution is 2.37. The summed E-state index contributed by atoms with van der Waals surface area (Å²) in [4.78, 5) is 17.7. The Hall–Kier alpha value is -3.12. The first kappa shape index (κ1) is 28.5. The molecule has 0 saturated heterocycles. The summed E-state index contributed by atoms with van der Waals surface area (Å²) in [5, 5.41) is 3.21. The van der Waals surface area contributed by atoms with Gasteiger partial charge in [-0.15, -0.1) is 0 Å². The van der Waals surface area contributed by atoms with E-state index in [2.05, 4.69) is 10.3 Å². The Kier molecular flexibility index (Phi) is 9.19. The number of hydrogen-bond acceptors (Lipinski definition) is 6. The van der Waals surface area contributed by atoms with E-state index in [0.717, 1.165) is 40.4 Å². The zero-order chi connectivity index (χ0) is 27.2. The van der Waals surface area contributed by atoms with Crippen molar-refractivity contribution in [2.24, 2.45) is 4.99 Å². The van der Waals surface area contributed by atoms with E-state index in [-0.39, 0.29) is 24.6 Å². The topological polar surface area (TPSA) is 91.3 Å². The van der Waals surface area contributed by atoms with E-state index in [9.17, 15) is 26.4 Å². The van der Waals surface area contributed by atoms with Gasteiger partial charge in [0.2, 0.25) is 15.9 Å². The molecule has 0 saturated carbocycles. The second-order valence-electron chi connectivity index (χ2n) is 8.75. The number of halogens is 3. The van der Waals surface area contributed by atoms with Gasteiger partial charge in [-0.05, 0) is 36.6 Å². The molecule has 1 aliphatic rings. The Morgan fingerprint density at radius 2 is 1.81 bits per heavy atom. The lowest BCUT2D eigenvalue weighted by Crippen LogP contribution is -2.30. The molecular weight excluding hydrogens is 509 g/mol. The summed E-state index contributed by atoms with van der Waals surface area (Å²) in [6.07, 6.45) is -3.96. The second-order valence-corrected chi connectivity index (χ2v) is 10.8. The molecule has 0 aromatic heterocycles. The van der Waals surface area contributed by atoms with Crippen LogP contribution in [0.3, 0.4) is 0 Å². The maximum Gasteiger partial charge on any atom is 0.417 e. The lowest BCUT2D eigenvalue weighted by molar-refractivity contribution is -0.140. The number of amides is 1. The molecule has 1 heterocycles. The summed E-state index contributed by atoms with van der Waals surface area (Å²) < 4.78 is 71.8. The van der Waals surface area contributed by atoms with Crippen LogP contribution in [0.15, 0.2) is 52.4 Å². The number of rotatable bonds is 11. The molecular formula is C25H31F3N4O4S. The number of carbonyl (C=O) groups excluding carboxylic acids is 1. The monoisotopic (exact) mass is 540 g/mol. The van der Waals surface area contributed by atoms with Crippen molar-refractivity contribution >= 4 is 21.8 Å². The van der Waals surface area contributed by atoms with E-state index >= 15 is 0 Å². The fourth-order valence-electron chi connectivity index (χ4n) is 3.89. The third-order valence-electron chi connectivity index (χ3n) is 6.04. The van der Waals surface area contributed by atoms with Gasteiger partial charge in [-0.1, -0.05) is 24.3 Å². The minimum atomic E-state index is -4.86. The highest BCUT2D eigenvalue weighted by atomic mass is 32.2. The van der Waals surface area contributed by atoms with E-state index in [0.29, 0.717) is 25.5 Å². The van der Waals surface area contributed by atoms with Gasteiger partial charge in [-0.25, -0.2) is 12.7 Å². The van der Waals surface area contributed by atoms with Gasteiger partial charge in [-0.3, -0.25) is 9.79 Å². The Morgan fingerprint density at radius 3 is 2.41 bits per heavy atom. The predicted octanol–water partition coefficient (Wildman–Crippen LogP) is 3.51. The number of hydrogen-bond donors (Lipinski definition) is 1.